The highest BCUT2D eigenvalue weighted by Crippen LogP contribution is 2.19. The summed E-state index contributed by atoms with van der Waals surface area (Å²) < 4.78 is 0. The van der Waals surface area contributed by atoms with Gasteiger partial charge in [-0.15, -0.1) is 0 Å². The molecule has 1 aliphatic heterocycles. The first kappa shape index (κ1) is 18.4. The first-order valence-electron chi connectivity index (χ1n) is 9.05. The Balaban J connectivity index is 1.60. The van der Waals surface area contributed by atoms with E-state index in [0.29, 0.717) is 24.2 Å². The van der Waals surface area contributed by atoms with Gasteiger partial charge in [0.1, 0.15) is 12.0 Å². The summed E-state index contributed by atoms with van der Waals surface area (Å²) in [5.41, 5.74) is 1.65. The molecule has 6 nitrogen and oxygen atoms in total. The minimum absolute atomic E-state index is 0.285. The number of benzene rings is 1. The molecule has 0 saturated carbocycles. The number of aliphatic hydroxyl groups is 1. The number of carbonyl (C=O) groups is 1. The summed E-state index contributed by atoms with van der Waals surface area (Å²) in [4.78, 5) is 21.4. The SMILES string of the molecule is CN1CCN(c2ncccc2C(=O)NC(O)CCc2ccccc2)CC1. The third-order valence-corrected chi connectivity index (χ3v) is 4.68. The number of nitrogens with one attached hydrogen (secondary N) is 1. The molecule has 2 heterocycles. The van der Waals surface area contributed by atoms with Gasteiger partial charge in [0.25, 0.3) is 5.91 Å². The predicted octanol–water partition coefficient (Wildman–Crippen LogP) is 1.51. The Morgan fingerprint density at radius 2 is 1.88 bits per heavy atom. The number of piperazine rings is 1. The van der Waals surface area contributed by atoms with Crippen LogP contribution in [0.3, 0.4) is 0 Å². The second kappa shape index (κ2) is 8.78. The molecule has 1 aromatic heterocycles. The maximum atomic E-state index is 12.6. The molecule has 26 heavy (non-hydrogen) atoms. The number of hydrogen-bond acceptors (Lipinski definition) is 5. The van der Waals surface area contributed by atoms with Crippen molar-refractivity contribution in [1.29, 1.82) is 0 Å². The molecule has 0 spiro atoms. The first-order valence-corrected chi connectivity index (χ1v) is 9.05. The molecule has 1 amide bonds. The second-order valence-electron chi connectivity index (χ2n) is 6.68. The van der Waals surface area contributed by atoms with Crippen LogP contribution >= 0.6 is 0 Å². The highest BCUT2D eigenvalue weighted by atomic mass is 16.3. The van der Waals surface area contributed by atoms with Gasteiger partial charge in [0, 0.05) is 32.4 Å². The smallest absolute Gasteiger partial charge is 0.257 e. The average Bonchev–Trinajstić information content (AvgIpc) is 2.68. The lowest BCUT2D eigenvalue weighted by atomic mass is 10.1. The lowest BCUT2D eigenvalue weighted by Crippen LogP contribution is -2.46. The molecular formula is C20H26N4O2. The number of aryl methyl sites for hydroxylation is 1. The second-order valence-corrected chi connectivity index (χ2v) is 6.68. The number of aromatic nitrogens is 1. The number of likely N-dealkylation sites (N-methyl/N-ethyl adjacent to an activating group) is 1. The summed E-state index contributed by atoms with van der Waals surface area (Å²) in [5.74, 6) is 0.404. The van der Waals surface area contributed by atoms with Crippen LogP contribution in [0, 0.1) is 0 Å². The third kappa shape index (κ3) is 4.80. The fourth-order valence-corrected chi connectivity index (χ4v) is 3.09. The van der Waals surface area contributed by atoms with E-state index < -0.39 is 6.23 Å². The molecular weight excluding hydrogens is 328 g/mol. The quantitative estimate of drug-likeness (QED) is 0.770. The van der Waals surface area contributed by atoms with Gasteiger partial charge in [0.2, 0.25) is 0 Å². The van der Waals surface area contributed by atoms with E-state index in [1.54, 1.807) is 18.3 Å². The number of nitrogens with zero attached hydrogens (tertiary/aromatic N) is 3. The normalized spacial score (nSPS) is 16.3. The van der Waals surface area contributed by atoms with Crippen molar-refractivity contribution in [1.82, 2.24) is 15.2 Å². The summed E-state index contributed by atoms with van der Waals surface area (Å²) in [6.45, 7) is 3.56. The van der Waals surface area contributed by atoms with Gasteiger partial charge in [0.05, 0.1) is 5.56 Å². The Morgan fingerprint density at radius 1 is 1.15 bits per heavy atom. The number of pyridine rings is 1. The van der Waals surface area contributed by atoms with E-state index in [9.17, 15) is 9.90 Å². The number of anilines is 1. The molecule has 2 aromatic rings. The van der Waals surface area contributed by atoms with Crippen molar-refractivity contribution >= 4 is 11.7 Å². The van der Waals surface area contributed by atoms with Gasteiger partial charge in [-0.3, -0.25) is 4.79 Å². The van der Waals surface area contributed by atoms with E-state index in [2.05, 4.69) is 27.1 Å². The molecule has 1 aromatic carbocycles. The molecule has 1 fully saturated rings. The summed E-state index contributed by atoms with van der Waals surface area (Å²) >= 11 is 0. The Morgan fingerprint density at radius 3 is 2.62 bits per heavy atom. The van der Waals surface area contributed by atoms with E-state index in [0.717, 1.165) is 31.7 Å². The van der Waals surface area contributed by atoms with Gasteiger partial charge in [0.15, 0.2) is 0 Å². The van der Waals surface area contributed by atoms with Crippen LogP contribution in [0.5, 0.6) is 0 Å². The summed E-state index contributed by atoms with van der Waals surface area (Å²) in [6.07, 6.45) is 2.00. The van der Waals surface area contributed by atoms with Crippen molar-refractivity contribution in [2.24, 2.45) is 0 Å². The highest BCUT2D eigenvalue weighted by Gasteiger charge is 2.22. The van der Waals surface area contributed by atoms with Gasteiger partial charge >= 0.3 is 0 Å². The van der Waals surface area contributed by atoms with E-state index in [1.807, 2.05) is 30.3 Å². The van der Waals surface area contributed by atoms with Crippen molar-refractivity contribution in [2.75, 3.05) is 38.1 Å². The van der Waals surface area contributed by atoms with Gasteiger partial charge in [-0.05, 0) is 37.6 Å². The van der Waals surface area contributed by atoms with Gasteiger partial charge in [-0.2, -0.15) is 0 Å². The Hall–Kier alpha value is -2.44. The predicted molar refractivity (Wildman–Crippen MR) is 102 cm³/mol. The zero-order valence-corrected chi connectivity index (χ0v) is 15.1. The van der Waals surface area contributed by atoms with Gasteiger partial charge in [-0.1, -0.05) is 30.3 Å². The molecule has 0 bridgehead atoms. The fourth-order valence-electron chi connectivity index (χ4n) is 3.09. The van der Waals surface area contributed by atoms with E-state index in [4.69, 9.17) is 0 Å². The van der Waals surface area contributed by atoms with Crippen LogP contribution in [0.1, 0.15) is 22.3 Å². The zero-order valence-electron chi connectivity index (χ0n) is 15.1. The maximum absolute atomic E-state index is 12.6. The monoisotopic (exact) mass is 354 g/mol. The fraction of sp³-hybridized carbons (Fsp3) is 0.400. The van der Waals surface area contributed by atoms with E-state index in [1.165, 1.54) is 0 Å². The maximum Gasteiger partial charge on any atom is 0.257 e. The topological polar surface area (TPSA) is 68.7 Å². The van der Waals surface area contributed by atoms with Gasteiger partial charge < -0.3 is 20.2 Å². The van der Waals surface area contributed by atoms with Crippen LogP contribution in [0.25, 0.3) is 0 Å². The lowest BCUT2D eigenvalue weighted by Gasteiger charge is -2.34. The average molecular weight is 354 g/mol. The minimum Gasteiger partial charge on any atom is -0.374 e. The molecule has 0 aliphatic carbocycles. The standard InChI is InChI=1S/C20H26N4O2/c1-23-12-14-24(15-13-23)19-17(8-5-11-21-19)20(26)22-18(25)10-9-16-6-3-2-4-7-16/h2-8,11,18,25H,9-10,12-15H2,1H3,(H,22,26). The Bertz CT molecular complexity index is 715. The molecule has 0 radical (unpaired) electrons. The molecule has 1 unspecified atom stereocenters. The van der Waals surface area contributed by atoms with Crippen LogP contribution < -0.4 is 10.2 Å². The summed E-state index contributed by atoms with van der Waals surface area (Å²) in [6, 6.07) is 13.5. The zero-order chi connectivity index (χ0) is 18.4. The highest BCUT2D eigenvalue weighted by molar-refractivity contribution is 5.99. The largest absolute Gasteiger partial charge is 0.374 e. The molecule has 1 saturated heterocycles. The number of rotatable bonds is 6. The number of carbonyl (C=O) groups excluding carboxylic acids is 1. The van der Waals surface area contributed by atoms with Crippen LogP contribution in [0.4, 0.5) is 5.82 Å². The number of aliphatic hydroxyl groups excluding tert-OH is 1. The first-order chi connectivity index (χ1) is 12.6. The molecule has 1 atom stereocenters. The van der Waals surface area contributed by atoms with Crippen LogP contribution in [0.2, 0.25) is 0 Å². The molecule has 6 heteroatoms. The lowest BCUT2D eigenvalue weighted by molar-refractivity contribution is 0.0766. The van der Waals surface area contributed by atoms with Crippen molar-refractivity contribution in [3.63, 3.8) is 0 Å². The number of hydrogen-bond donors (Lipinski definition) is 2. The van der Waals surface area contributed by atoms with E-state index >= 15 is 0 Å². The number of amides is 1. The van der Waals surface area contributed by atoms with Crippen LogP contribution in [-0.2, 0) is 6.42 Å². The van der Waals surface area contributed by atoms with Crippen LogP contribution in [-0.4, -0.2) is 60.4 Å². The van der Waals surface area contributed by atoms with Crippen molar-refractivity contribution in [3.8, 4) is 0 Å². The van der Waals surface area contributed by atoms with Crippen molar-refractivity contribution < 1.29 is 9.90 Å². The van der Waals surface area contributed by atoms with Crippen LogP contribution in [0.15, 0.2) is 48.7 Å². The minimum atomic E-state index is -0.886. The Labute approximate surface area is 154 Å². The Kier molecular flexibility index (Phi) is 6.20. The van der Waals surface area contributed by atoms with Crippen molar-refractivity contribution in [3.05, 3.63) is 59.8 Å². The molecule has 3 rings (SSSR count). The van der Waals surface area contributed by atoms with Gasteiger partial charge in [-0.25, -0.2) is 4.98 Å². The molecule has 138 valence electrons. The molecule has 1 aliphatic rings. The third-order valence-electron chi connectivity index (χ3n) is 4.68. The summed E-state index contributed by atoms with van der Waals surface area (Å²) in [5, 5.41) is 12.9. The van der Waals surface area contributed by atoms with E-state index in [-0.39, 0.29) is 5.91 Å². The molecule has 2 N–H and O–H groups in total. The summed E-state index contributed by atoms with van der Waals surface area (Å²) in [7, 11) is 2.09. The van der Waals surface area contributed by atoms with Crippen molar-refractivity contribution in [2.45, 2.75) is 19.1 Å².